The maximum Gasteiger partial charge on any atom is 0.194 e. The van der Waals surface area contributed by atoms with Crippen LogP contribution < -0.4 is 19.5 Å². The number of methoxy groups -OCH3 is 3. The minimum absolute atomic E-state index is 0. The molecule has 1 fully saturated rings. The van der Waals surface area contributed by atoms with E-state index in [0.29, 0.717) is 24.7 Å². The molecule has 28 heavy (non-hydrogen) atoms. The van der Waals surface area contributed by atoms with Gasteiger partial charge in [0.15, 0.2) is 17.5 Å². The third kappa shape index (κ3) is 7.54. The third-order valence-electron chi connectivity index (χ3n) is 4.50. The number of hydrogen-bond acceptors (Lipinski definition) is 5. The molecule has 0 radical (unpaired) electrons. The molecule has 160 valence electrons. The molecule has 0 saturated heterocycles. The van der Waals surface area contributed by atoms with Gasteiger partial charge in [-0.1, -0.05) is 0 Å². The lowest BCUT2D eigenvalue weighted by molar-refractivity contribution is 0.115. The van der Waals surface area contributed by atoms with Crippen molar-refractivity contribution in [1.29, 1.82) is 0 Å². The normalized spacial score (nSPS) is 13.5. The Kier molecular flexibility index (Phi) is 11.4. The summed E-state index contributed by atoms with van der Waals surface area (Å²) in [6.07, 6.45) is 2.63. The van der Waals surface area contributed by atoms with Crippen LogP contribution >= 0.6 is 24.0 Å². The highest BCUT2D eigenvalue weighted by molar-refractivity contribution is 14.0. The van der Waals surface area contributed by atoms with Gasteiger partial charge in [-0.3, -0.25) is 0 Å². The van der Waals surface area contributed by atoms with E-state index >= 15 is 0 Å². The molecular weight excluding hydrogens is 473 g/mol. The zero-order valence-corrected chi connectivity index (χ0v) is 19.9. The number of nitrogens with zero attached hydrogens (tertiary/aromatic N) is 2. The average Bonchev–Trinajstić information content (AvgIpc) is 3.51. The number of hydrogen-bond donors (Lipinski definition) is 1. The van der Waals surface area contributed by atoms with Crippen LogP contribution in [-0.4, -0.2) is 65.5 Å². The van der Waals surface area contributed by atoms with Crippen LogP contribution in [-0.2, 0) is 11.3 Å². The Labute approximate surface area is 185 Å². The number of aliphatic imine (C=N–C) groups is 1. The summed E-state index contributed by atoms with van der Waals surface area (Å²) >= 11 is 0. The van der Waals surface area contributed by atoms with E-state index in [2.05, 4.69) is 17.1 Å². The third-order valence-corrected chi connectivity index (χ3v) is 4.50. The number of halogens is 1. The summed E-state index contributed by atoms with van der Waals surface area (Å²) < 4.78 is 22.0. The SMILES string of the molecule is CCNC(=NCc1cc(OC)c(OC)cc1OC)N(C)CCOCC1CC1.I. The Balaban J connectivity index is 0.00000392. The van der Waals surface area contributed by atoms with Gasteiger partial charge in [0.25, 0.3) is 0 Å². The Morgan fingerprint density at radius 3 is 2.32 bits per heavy atom. The summed E-state index contributed by atoms with van der Waals surface area (Å²) in [5.41, 5.74) is 0.934. The second kappa shape index (κ2) is 12.9. The smallest absolute Gasteiger partial charge is 0.194 e. The fourth-order valence-corrected chi connectivity index (χ4v) is 2.69. The molecule has 1 N–H and O–H groups in total. The van der Waals surface area contributed by atoms with E-state index in [4.69, 9.17) is 23.9 Å². The number of likely N-dealkylation sites (N-methyl/N-ethyl adjacent to an activating group) is 1. The molecule has 1 aromatic rings. The van der Waals surface area contributed by atoms with Gasteiger partial charge < -0.3 is 29.2 Å². The van der Waals surface area contributed by atoms with E-state index in [-0.39, 0.29) is 24.0 Å². The van der Waals surface area contributed by atoms with Crippen molar-refractivity contribution >= 4 is 29.9 Å². The Bertz CT molecular complexity index is 624. The molecule has 0 aromatic heterocycles. The van der Waals surface area contributed by atoms with Gasteiger partial charge in [0, 0.05) is 38.4 Å². The molecule has 1 aliphatic carbocycles. The minimum Gasteiger partial charge on any atom is -0.496 e. The van der Waals surface area contributed by atoms with Gasteiger partial charge in [-0.25, -0.2) is 4.99 Å². The van der Waals surface area contributed by atoms with Crippen LogP contribution in [0.15, 0.2) is 17.1 Å². The quantitative estimate of drug-likeness (QED) is 0.215. The molecule has 0 heterocycles. The predicted molar refractivity (Wildman–Crippen MR) is 123 cm³/mol. The highest BCUT2D eigenvalue weighted by Crippen LogP contribution is 2.35. The Morgan fingerprint density at radius 1 is 1.11 bits per heavy atom. The number of nitrogens with one attached hydrogen (secondary N) is 1. The lowest BCUT2D eigenvalue weighted by atomic mass is 10.1. The van der Waals surface area contributed by atoms with E-state index < -0.39 is 0 Å². The molecule has 0 unspecified atom stereocenters. The van der Waals surface area contributed by atoms with E-state index in [1.165, 1.54) is 12.8 Å². The lowest BCUT2D eigenvalue weighted by Crippen LogP contribution is -2.40. The maximum atomic E-state index is 5.74. The van der Waals surface area contributed by atoms with Crippen LogP contribution in [0.2, 0.25) is 0 Å². The van der Waals surface area contributed by atoms with Gasteiger partial charge in [-0.2, -0.15) is 0 Å². The first-order valence-electron chi connectivity index (χ1n) is 9.49. The van der Waals surface area contributed by atoms with Crippen molar-refractivity contribution in [1.82, 2.24) is 10.2 Å². The molecule has 2 rings (SSSR count). The number of rotatable bonds is 11. The zero-order chi connectivity index (χ0) is 19.6. The second-order valence-corrected chi connectivity index (χ2v) is 6.63. The summed E-state index contributed by atoms with van der Waals surface area (Å²) in [5.74, 6) is 3.65. The molecule has 0 spiro atoms. The number of benzene rings is 1. The van der Waals surface area contributed by atoms with Crippen molar-refractivity contribution in [2.75, 3.05) is 54.7 Å². The first-order valence-corrected chi connectivity index (χ1v) is 9.49. The van der Waals surface area contributed by atoms with E-state index in [9.17, 15) is 0 Å². The van der Waals surface area contributed by atoms with Crippen LogP contribution in [0.4, 0.5) is 0 Å². The average molecular weight is 507 g/mol. The highest BCUT2D eigenvalue weighted by atomic mass is 127. The molecule has 1 aliphatic rings. The van der Waals surface area contributed by atoms with Crippen molar-refractivity contribution in [2.24, 2.45) is 10.9 Å². The molecule has 1 aromatic carbocycles. The monoisotopic (exact) mass is 507 g/mol. The fraction of sp³-hybridized carbons (Fsp3) is 0.650. The van der Waals surface area contributed by atoms with Gasteiger partial charge in [0.2, 0.25) is 0 Å². The summed E-state index contributed by atoms with van der Waals surface area (Å²) in [4.78, 5) is 6.84. The molecule has 7 nitrogen and oxygen atoms in total. The molecule has 8 heteroatoms. The van der Waals surface area contributed by atoms with Crippen LogP contribution in [0.1, 0.15) is 25.3 Å². The summed E-state index contributed by atoms with van der Waals surface area (Å²) in [6.45, 7) is 5.71. The van der Waals surface area contributed by atoms with Gasteiger partial charge in [-0.05, 0) is 31.7 Å². The van der Waals surface area contributed by atoms with Crippen molar-refractivity contribution in [3.8, 4) is 17.2 Å². The minimum atomic E-state index is 0. The molecule has 0 amide bonds. The zero-order valence-electron chi connectivity index (χ0n) is 17.6. The van der Waals surface area contributed by atoms with Crippen molar-refractivity contribution in [3.05, 3.63) is 17.7 Å². The van der Waals surface area contributed by atoms with Gasteiger partial charge in [-0.15, -0.1) is 24.0 Å². The fourth-order valence-electron chi connectivity index (χ4n) is 2.69. The molecule has 1 saturated carbocycles. The lowest BCUT2D eigenvalue weighted by Gasteiger charge is -2.22. The van der Waals surface area contributed by atoms with Crippen LogP contribution in [0.5, 0.6) is 17.2 Å². The molecule has 0 atom stereocenters. The van der Waals surface area contributed by atoms with Crippen LogP contribution in [0.3, 0.4) is 0 Å². The Morgan fingerprint density at radius 2 is 1.75 bits per heavy atom. The van der Waals surface area contributed by atoms with Gasteiger partial charge in [0.1, 0.15) is 5.75 Å². The predicted octanol–water partition coefficient (Wildman–Crippen LogP) is 3.15. The van der Waals surface area contributed by atoms with E-state index in [0.717, 1.165) is 42.9 Å². The summed E-state index contributed by atoms with van der Waals surface area (Å²) in [6, 6.07) is 3.73. The van der Waals surface area contributed by atoms with Crippen molar-refractivity contribution in [3.63, 3.8) is 0 Å². The standard InChI is InChI=1S/C20H33N3O4.HI/c1-6-21-20(23(2)9-10-27-14-15-7-8-15)22-13-16-11-18(25-4)19(26-5)12-17(16)24-3;/h11-12,15H,6-10,13-14H2,1-5H3,(H,21,22);1H. The summed E-state index contributed by atoms with van der Waals surface area (Å²) in [7, 11) is 6.90. The largest absolute Gasteiger partial charge is 0.496 e. The van der Waals surface area contributed by atoms with Crippen molar-refractivity contribution < 1.29 is 18.9 Å². The number of guanidine groups is 1. The van der Waals surface area contributed by atoms with Crippen molar-refractivity contribution in [2.45, 2.75) is 26.3 Å². The summed E-state index contributed by atoms with van der Waals surface area (Å²) in [5, 5.41) is 3.33. The first kappa shape index (κ1) is 24.6. The molecule has 0 bridgehead atoms. The molecular formula is C20H34IN3O4. The van der Waals surface area contributed by atoms with E-state index in [1.54, 1.807) is 21.3 Å². The van der Waals surface area contributed by atoms with Gasteiger partial charge in [0.05, 0.1) is 34.5 Å². The van der Waals surface area contributed by atoms with E-state index in [1.807, 2.05) is 19.2 Å². The first-order chi connectivity index (χ1) is 13.1. The highest BCUT2D eigenvalue weighted by Gasteiger charge is 2.21. The molecule has 0 aliphatic heterocycles. The second-order valence-electron chi connectivity index (χ2n) is 6.63. The van der Waals surface area contributed by atoms with Gasteiger partial charge >= 0.3 is 0 Å². The van der Waals surface area contributed by atoms with Crippen LogP contribution in [0, 0.1) is 5.92 Å². The maximum absolute atomic E-state index is 5.74. The topological polar surface area (TPSA) is 64.6 Å². The van der Waals surface area contributed by atoms with Crippen LogP contribution in [0.25, 0.3) is 0 Å². The number of ether oxygens (including phenoxy) is 4. The Hall–Kier alpha value is -1.42.